The van der Waals surface area contributed by atoms with Gasteiger partial charge in [0.05, 0.1) is 11.0 Å². The van der Waals surface area contributed by atoms with Gasteiger partial charge < -0.3 is 9.67 Å². The minimum atomic E-state index is -3.50. The molecular formula is C23H25N3O4S2. The zero-order valence-corrected chi connectivity index (χ0v) is 19.1. The van der Waals surface area contributed by atoms with E-state index in [1.165, 1.54) is 17.2 Å². The highest BCUT2D eigenvalue weighted by Gasteiger charge is 2.28. The quantitative estimate of drug-likeness (QED) is 0.501. The first-order chi connectivity index (χ1) is 15.4. The number of aliphatic carboxylic acids is 1. The van der Waals surface area contributed by atoms with Crippen molar-refractivity contribution in [3.05, 3.63) is 65.6 Å². The van der Waals surface area contributed by atoms with Crippen LogP contribution in [0.25, 0.3) is 17.1 Å². The van der Waals surface area contributed by atoms with Gasteiger partial charge in [-0.25, -0.2) is 13.4 Å². The number of carboxylic acids is 1. The maximum absolute atomic E-state index is 12.8. The highest BCUT2D eigenvalue weighted by molar-refractivity contribution is 7.99. The molecule has 1 atom stereocenters. The SMILES string of the molecule is O=C(O)Cn1c(SCC2CCCN(S(=O)(=O)/C=C/c3ccccc3)C2)nc2ccccc21. The Bertz CT molecular complexity index is 1220. The predicted octanol–water partition coefficient (Wildman–Crippen LogP) is 3.93. The Balaban J connectivity index is 1.44. The molecule has 0 aliphatic carbocycles. The largest absolute Gasteiger partial charge is 0.480 e. The standard InChI is InChI=1S/C23H25N3O4S2/c27-22(28)16-26-21-11-5-4-10-20(21)24-23(26)31-17-19-9-6-13-25(15-19)32(29,30)14-12-18-7-2-1-3-8-18/h1-5,7-8,10-12,14,19H,6,9,13,15-17H2,(H,27,28)/b14-12+. The molecule has 1 aliphatic rings. The first-order valence-electron chi connectivity index (χ1n) is 10.5. The second kappa shape index (κ2) is 9.89. The summed E-state index contributed by atoms with van der Waals surface area (Å²) in [5, 5.41) is 11.2. The zero-order chi connectivity index (χ0) is 22.6. The predicted molar refractivity (Wildman–Crippen MR) is 127 cm³/mol. The van der Waals surface area contributed by atoms with E-state index >= 15 is 0 Å². The molecule has 0 saturated carbocycles. The monoisotopic (exact) mass is 471 g/mol. The van der Waals surface area contributed by atoms with Gasteiger partial charge in [0.2, 0.25) is 10.0 Å². The molecule has 3 aromatic rings. The Morgan fingerprint density at radius 1 is 1.16 bits per heavy atom. The van der Waals surface area contributed by atoms with E-state index in [1.807, 2.05) is 54.6 Å². The lowest BCUT2D eigenvalue weighted by Crippen LogP contribution is -2.39. The summed E-state index contributed by atoms with van der Waals surface area (Å²) < 4.78 is 28.9. The van der Waals surface area contributed by atoms with Crippen molar-refractivity contribution in [3.8, 4) is 0 Å². The molecule has 168 valence electrons. The molecule has 1 N–H and O–H groups in total. The molecule has 0 amide bonds. The van der Waals surface area contributed by atoms with E-state index in [0.29, 0.717) is 24.0 Å². The summed E-state index contributed by atoms with van der Waals surface area (Å²) in [6.45, 7) is 0.812. The highest BCUT2D eigenvalue weighted by atomic mass is 32.2. The fraction of sp³-hybridized carbons (Fsp3) is 0.304. The number of nitrogens with zero attached hydrogens (tertiary/aromatic N) is 3. The lowest BCUT2D eigenvalue weighted by molar-refractivity contribution is -0.137. The van der Waals surface area contributed by atoms with Crippen LogP contribution in [0, 0.1) is 5.92 Å². The number of aromatic nitrogens is 2. The third kappa shape index (κ3) is 5.40. The molecule has 1 saturated heterocycles. The summed E-state index contributed by atoms with van der Waals surface area (Å²) in [7, 11) is -3.50. The van der Waals surface area contributed by atoms with Crippen LogP contribution in [0.1, 0.15) is 18.4 Å². The average molecular weight is 472 g/mol. The summed E-state index contributed by atoms with van der Waals surface area (Å²) in [4.78, 5) is 15.9. The van der Waals surface area contributed by atoms with Gasteiger partial charge in [-0.1, -0.05) is 54.2 Å². The molecule has 2 heterocycles. The third-order valence-electron chi connectivity index (χ3n) is 5.43. The second-order valence-corrected chi connectivity index (χ2v) is 10.6. The van der Waals surface area contributed by atoms with E-state index in [9.17, 15) is 18.3 Å². The molecule has 9 heteroatoms. The molecule has 0 spiro atoms. The molecule has 1 unspecified atom stereocenters. The second-order valence-electron chi connectivity index (χ2n) is 7.80. The number of hydrogen-bond donors (Lipinski definition) is 1. The maximum atomic E-state index is 12.8. The Morgan fingerprint density at radius 2 is 1.91 bits per heavy atom. The number of hydrogen-bond acceptors (Lipinski definition) is 5. The summed E-state index contributed by atoms with van der Waals surface area (Å²) in [5.74, 6) is -0.0703. The smallest absolute Gasteiger partial charge is 0.323 e. The number of carboxylic acid groups (broad SMARTS) is 1. The number of rotatable bonds is 8. The summed E-state index contributed by atoms with van der Waals surface area (Å²) >= 11 is 1.49. The molecule has 1 aromatic heterocycles. The van der Waals surface area contributed by atoms with Crippen molar-refractivity contribution in [2.45, 2.75) is 24.5 Å². The van der Waals surface area contributed by atoms with Crippen LogP contribution in [0.15, 0.2) is 65.2 Å². The first-order valence-corrected chi connectivity index (χ1v) is 12.9. The molecule has 7 nitrogen and oxygen atoms in total. The topological polar surface area (TPSA) is 92.5 Å². The number of carbonyl (C=O) groups is 1. The molecule has 1 aliphatic heterocycles. The van der Waals surface area contributed by atoms with E-state index in [2.05, 4.69) is 4.98 Å². The van der Waals surface area contributed by atoms with Crippen LogP contribution < -0.4 is 0 Å². The van der Waals surface area contributed by atoms with Gasteiger partial charge in [-0.05, 0) is 42.5 Å². The highest BCUT2D eigenvalue weighted by Crippen LogP contribution is 2.29. The van der Waals surface area contributed by atoms with Crippen LogP contribution in [0.4, 0.5) is 0 Å². The average Bonchev–Trinajstić information content (AvgIpc) is 3.14. The Kier molecular flexibility index (Phi) is 6.98. The van der Waals surface area contributed by atoms with Gasteiger partial charge in [0.25, 0.3) is 0 Å². The fourth-order valence-electron chi connectivity index (χ4n) is 3.85. The van der Waals surface area contributed by atoms with Gasteiger partial charge in [0.1, 0.15) is 6.54 Å². The van der Waals surface area contributed by atoms with Crippen molar-refractivity contribution in [1.29, 1.82) is 0 Å². The number of fused-ring (bicyclic) bond motifs is 1. The van der Waals surface area contributed by atoms with Crippen LogP contribution in [-0.2, 0) is 21.4 Å². The molecular weight excluding hydrogens is 446 g/mol. The fourth-order valence-corrected chi connectivity index (χ4v) is 6.29. The summed E-state index contributed by atoms with van der Waals surface area (Å²) in [5.41, 5.74) is 2.39. The van der Waals surface area contributed by atoms with E-state index in [-0.39, 0.29) is 12.5 Å². The zero-order valence-electron chi connectivity index (χ0n) is 17.5. The Hall–Kier alpha value is -2.62. The van der Waals surface area contributed by atoms with Gasteiger partial charge in [0.15, 0.2) is 5.16 Å². The van der Waals surface area contributed by atoms with Crippen molar-refractivity contribution >= 4 is 44.9 Å². The van der Waals surface area contributed by atoms with Gasteiger partial charge in [-0.2, -0.15) is 4.31 Å². The molecule has 0 radical (unpaired) electrons. The van der Waals surface area contributed by atoms with Gasteiger partial charge in [0, 0.05) is 24.3 Å². The van der Waals surface area contributed by atoms with Crippen LogP contribution in [0.3, 0.4) is 0 Å². The number of piperidine rings is 1. The van der Waals surface area contributed by atoms with Crippen molar-refractivity contribution in [1.82, 2.24) is 13.9 Å². The van der Waals surface area contributed by atoms with E-state index in [0.717, 1.165) is 29.4 Å². The van der Waals surface area contributed by atoms with Crippen LogP contribution in [0.5, 0.6) is 0 Å². The number of sulfonamides is 1. The first kappa shape index (κ1) is 22.6. The Labute approximate surface area is 191 Å². The third-order valence-corrected chi connectivity index (χ3v) is 8.17. The maximum Gasteiger partial charge on any atom is 0.323 e. The molecule has 1 fully saturated rings. The lowest BCUT2D eigenvalue weighted by Gasteiger charge is -2.30. The van der Waals surface area contributed by atoms with E-state index in [1.54, 1.807) is 14.9 Å². The molecule has 0 bridgehead atoms. The number of imidazole rings is 1. The van der Waals surface area contributed by atoms with Crippen LogP contribution >= 0.6 is 11.8 Å². The molecule has 2 aromatic carbocycles. The number of thioether (sulfide) groups is 1. The Morgan fingerprint density at radius 3 is 2.69 bits per heavy atom. The normalized spacial score (nSPS) is 17.8. The molecule has 32 heavy (non-hydrogen) atoms. The number of benzene rings is 2. The number of para-hydroxylation sites is 2. The van der Waals surface area contributed by atoms with Crippen molar-refractivity contribution in [2.24, 2.45) is 5.92 Å². The van der Waals surface area contributed by atoms with Crippen LogP contribution in [-0.4, -0.2) is 52.2 Å². The van der Waals surface area contributed by atoms with Crippen molar-refractivity contribution in [3.63, 3.8) is 0 Å². The van der Waals surface area contributed by atoms with Gasteiger partial charge in [-0.15, -0.1) is 0 Å². The minimum Gasteiger partial charge on any atom is -0.480 e. The van der Waals surface area contributed by atoms with Gasteiger partial charge >= 0.3 is 5.97 Å². The van der Waals surface area contributed by atoms with E-state index < -0.39 is 16.0 Å². The van der Waals surface area contributed by atoms with E-state index in [4.69, 9.17) is 0 Å². The summed E-state index contributed by atoms with van der Waals surface area (Å²) in [6, 6.07) is 16.8. The molecule has 4 rings (SSSR count). The summed E-state index contributed by atoms with van der Waals surface area (Å²) in [6.07, 6.45) is 3.36. The minimum absolute atomic E-state index is 0.154. The van der Waals surface area contributed by atoms with Crippen molar-refractivity contribution in [2.75, 3.05) is 18.8 Å². The lowest BCUT2D eigenvalue weighted by atomic mass is 10.0. The van der Waals surface area contributed by atoms with Gasteiger partial charge in [-0.3, -0.25) is 4.79 Å². The van der Waals surface area contributed by atoms with Crippen LogP contribution in [0.2, 0.25) is 0 Å². The van der Waals surface area contributed by atoms with Crippen molar-refractivity contribution < 1.29 is 18.3 Å².